The average molecular weight is 521 g/mol. The lowest BCUT2D eigenvalue weighted by molar-refractivity contribution is 0.0697. The quantitative estimate of drug-likeness (QED) is 0.205. The molecule has 1 amide bonds. The number of carbonyl (C=O) groups excluding carboxylic acids is 1. The Morgan fingerprint density at radius 2 is 2.00 bits per heavy atom. The first kappa shape index (κ1) is 23.2. The van der Waals surface area contributed by atoms with Crippen LogP contribution in [-0.2, 0) is 23.0 Å². The molecule has 2 aliphatic heterocycles. The van der Waals surface area contributed by atoms with Gasteiger partial charge in [-0.2, -0.15) is 4.31 Å². The van der Waals surface area contributed by atoms with Crippen LogP contribution in [0.3, 0.4) is 0 Å². The molecule has 0 aliphatic carbocycles. The number of nitrogens with two attached hydrogens (primary N) is 1. The first-order valence-corrected chi connectivity index (χ1v) is 13.9. The fourth-order valence-electron chi connectivity index (χ4n) is 4.16. The highest BCUT2D eigenvalue weighted by Gasteiger charge is 2.33. The van der Waals surface area contributed by atoms with Crippen LogP contribution < -0.4 is 11.1 Å². The zero-order chi connectivity index (χ0) is 24.0. The van der Waals surface area contributed by atoms with Crippen molar-refractivity contribution >= 4 is 54.5 Å². The van der Waals surface area contributed by atoms with Crippen LogP contribution in [0.2, 0.25) is 0 Å². The Labute approximate surface area is 204 Å². The summed E-state index contributed by atoms with van der Waals surface area (Å²) in [5.74, 6) is -0.174. The van der Waals surface area contributed by atoms with E-state index < -0.39 is 10.0 Å². The Morgan fingerprint density at radius 3 is 2.74 bits per heavy atom. The zero-order valence-electron chi connectivity index (χ0n) is 18.4. The summed E-state index contributed by atoms with van der Waals surface area (Å²) < 4.78 is 29.0. The highest BCUT2D eigenvalue weighted by atomic mass is 32.2. The Morgan fingerprint density at radius 1 is 1.24 bits per heavy atom. The molecule has 0 saturated carbocycles. The van der Waals surface area contributed by atoms with Crippen molar-refractivity contribution in [2.75, 3.05) is 26.2 Å². The van der Waals surface area contributed by atoms with Gasteiger partial charge in [0.1, 0.15) is 4.21 Å². The number of hydrogen-bond acceptors (Lipinski definition) is 9. The molecule has 1 unspecified atom stereocenters. The molecule has 2 aliphatic rings. The minimum absolute atomic E-state index is 0.0369. The predicted molar refractivity (Wildman–Crippen MR) is 131 cm³/mol. The summed E-state index contributed by atoms with van der Waals surface area (Å²) in [7, 11) is -3.70. The molecule has 1 atom stereocenters. The van der Waals surface area contributed by atoms with Crippen molar-refractivity contribution in [2.45, 2.75) is 30.1 Å². The maximum absolute atomic E-state index is 13.3. The summed E-state index contributed by atoms with van der Waals surface area (Å²) in [6.07, 6.45) is 0.807. The number of nitrogens with zero attached hydrogens (tertiary/aromatic N) is 4. The maximum atomic E-state index is 13.3. The van der Waals surface area contributed by atoms with Crippen molar-refractivity contribution < 1.29 is 18.4 Å². The molecule has 1 fully saturated rings. The van der Waals surface area contributed by atoms with Crippen molar-refractivity contribution in [3.8, 4) is 0 Å². The van der Waals surface area contributed by atoms with Crippen LogP contribution in [0.25, 0.3) is 10.1 Å². The number of sulfonamides is 1. The Hall–Kier alpha value is -2.58. The molecule has 1 saturated heterocycles. The van der Waals surface area contributed by atoms with E-state index in [4.69, 9.17) is 10.9 Å². The van der Waals surface area contributed by atoms with Crippen LogP contribution in [0.15, 0.2) is 33.6 Å². The molecular weight excluding hydrogens is 496 g/mol. The molecule has 10 nitrogen and oxygen atoms in total. The van der Waals surface area contributed by atoms with E-state index in [9.17, 15) is 13.2 Å². The molecule has 5 rings (SSSR count). The number of amidine groups is 1. The van der Waals surface area contributed by atoms with E-state index in [0.717, 1.165) is 28.2 Å². The number of thiophene rings is 1. The van der Waals surface area contributed by atoms with E-state index in [-0.39, 0.29) is 29.0 Å². The second-order valence-electron chi connectivity index (χ2n) is 8.37. The molecule has 4 heterocycles. The summed E-state index contributed by atoms with van der Waals surface area (Å²) in [6.45, 7) is 3.90. The number of amides is 1. The molecule has 4 N–H and O–H groups in total. The van der Waals surface area contributed by atoms with Crippen molar-refractivity contribution in [3.63, 3.8) is 0 Å². The van der Waals surface area contributed by atoms with Gasteiger partial charge >= 0.3 is 0 Å². The van der Waals surface area contributed by atoms with E-state index in [0.29, 0.717) is 35.1 Å². The number of fused-ring (bicyclic) bond motifs is 2. The van der Waals surface area contributed by atoms with Gasteiger partial charge in [0.2, 0.25) is 0 Å². The van der Waals surface area contributed by atoms with E-state index in [1.165, 1.54) is 27.0 Å². The standard InChI is InChI=1S/C21H24N6O4S3/c1-12-8-15-17(11-23-12)33-20(24-15)21(28)26-4-6-27(7-5-26)34(30,31)18-10-14-9-13(19(22)25-29)2-3-16(14)32-18/h2-3,9-10,12,23,29H,4-8,11H2,1H3,(H2,22,25). The molecular formula is C21H24N6O4S3. The minimum atomic E-state index is -3.70. The molecule has 180 valence electrons. The molecule has 1 aromatic carbocycles. The molecule has 0 bridgehead atoms. The van der Waals surface area contributed by atoms with Crippen LogP contribution in [0.1, 0.15) is 32.9 Å². The number of aromatic nitrogens is 1. The summed E-state index contributed by atoms with van der Waals surface area (Å²) in [6, 6.07) is 7.08. The first-order valence-electron chi connectivity index (χ1n) is 10.8. The van der Waals surface area contributed by atoms with E-state index in [1.807, 2.05) is 0 Å². The largest absolute Gasteiger partial charge is 0.409 e. The smallest absolute Gasteiger partial charge is 0.282 e. The highest BCUT2D eigenvalue weighted by molar-refractivity contribution is 7.91. The third-order valence-electron chi connectivity index (χ3n) is 6.09. The third-order valence-corrected chi connectivity index (χ3v) is 10.6. The fraction of sp³-hybridized carbons (Fsp3) is 0.381. The number of thiazole rings is 1. The molecule has 13 heteroatoms. The van der Waals surface area contributed by atoms with E-state index >= 15 is 0 Å². The van der Waals surface area contributed by atoms with Gasteiger partial charge in [0, 0.05) is 60.3 Å². The lowest BCUT2D eigenvalue weighted by Gasteiger charge is -2.33. The van der Waals surface area contributed by atoms with Crippen molar-refractivity contribution in [1.82, 2.24) is 19.5 Å². The second-order valence-corrected chi connectivity index (χ2v) is 12.7. The topological polar surface area (TPSA) is 141 Å². The lowest BCUT2D eigenvalue weighted by atomic mass is 10.1. The normalized spacial score (nSPS) is 20.0. The first-order chi connectivity index (χ1) is 16.3. The summed E-state index contributed by atoms with van der Waals surface area (Å²) >= 11 is 2.60. The van der Waals surface area contributed by atoms with Crippen LogP contribution in [0, 0.1) is 0 Å². The van der Waals surface area contributed by atoms with Crippen molar-refractivity contribution in [3.05, 3.63) is 45.4 Å². The highest BCUT2D eigenvalue weighted by Crippen LogP contribution is 2.32. The lowest BCUT2D eigenvalue weighted by Crippen LogP contribution is -2.50. The van der Waals surface area contributed by atoms with Crippen molar-refractivity contribution in [2.24, 2.45) is 10.9 Å². The SMILES string of the molecule is CC1Cc2nc(C(=O)N3CCN(S(=O)(=O)c4cc5cc(/C(N)=N\O)ccc5s4)CC3)sc2CN1. The van der Waals surface area contributed by atoms with Gasteiger partial charge in [-0.15, -0.1) is 22.7 Å². The van der Waals surface area contributed by atoms with Gasteiger partial charge in [0.05, 0.1) is 5.69 Å². The Balaban J connectivity index is 1.29. The van der Waals surface area contributed by atoms with Gasteiger partial charge in [-0.25, -0.2) is 13.4 Å². The van der Waals surface area contributed by atoms with Gasteiger partial charge in [0.15, 0.2) is 10.8 Å². The zero-order valence-corrected chi connectivity index (χ0v) is 20.8. The Kier molecular flexibility index (Phi) is 6.06. The number of nitrogens with one attached hydrogen (secondary N) is 1. The summed E-state index contributed by atoms with van der Waals surface area (Å²) in [4.78, 5) is 20.4. The summed E-state index contributed by atoms with van der Waals surface area (Å²) in [5, 5.41) is 16.4. The molecule has 34 heavy (non-hydrogen) atoms. The minimum Gasteiger partial charge on any atom is -0.409 e. The number of carbonyl (C=O) groups is 1. The van der Waals surface area contributed by atoms with Crippen molar-refractivity contribution in [1.29, 1.82) is 0 Å². The van der Waals surface area contributed by atoms with Gasteiger partial charge in [-0.1, -0.05) is 5.16 Å². The van der Waals surface area contributed by atoms with Crippen LogP contribution >= 0.6 is 22.7 Å². The molecule has 2 aromatic heterocycles. The second kappa shape index (κ2) is 8.89. The van der Waals surface area contributed by atoms with Crippen LogP contribution in [0.4, 0.5) is 0 Å². The third kappa shape index (κ3) is 4.18. The summed E-state index contributed by atoms with van der Waals surface area (Å²) in [5.41, 5.74) is 7.15. The maximum Gasteiger partial charge on any atom is 0.282 e. The number of rotatable bonds is 4. The number of oxime groups is 1. The van der Waals surface area contributed by atoms with E-state index in [2.05, 4.69) is 22.4 Å². The van der Waals surface area contributed by atoms with Crippen LogP contribution in [0.5, 0.6) is 0 Å². The molecule has 0 spiro atoms. The van der Waals surface area contributed by atoms with Gasteiger partial charge in [-0.3, -0.25) is 4.79 Å². The van der Waals surface area contributed by atoms with Gasteiger partial charge in [0.25, 0.3) is 15.9 Å². The average Bonchev–Trinajstić information content (AvgIpc) is 3.47. The van der Waals surface area contributed by atoms with E-state index in [1.54, 1.807) is 29.2 Å². The molecule has 0 radical (unpaired) electrons. The fourth-order valence-corrected chi connectivity index (χ4v) is 8.12. The van der Waals surface area contributed by atoms with Gasteiger partial charge in [-0.05, 0) is 36.6 Å². The van der Waals surface area contributed by atoms with Gasteiger partial charge < -0.3 is 21.2 Å². The number of piperazine rings is 1. The number of benzene rings is 1. The molecule has 3 aromatic rings. The van der Waals surface area contributed by atoms with Crippen LogP contribution in [-0.4, -0.2) is 71.8 Å². The Bertz CT molecular complexity index is 1390. The number of hydrogen-bond donors (Lipinski definition) is 3. The monoisotopic (exact) mass is 520 g/mol. The predicted octanol–water partition coefficient (Wildman–Crippen LogP) is 1.63.